The molecule has 0 aliphatic carbocycles. The largest absolute Gasteiger partial charge is 0.492 e. The molecule has 4 heteroatoms. The van der Waals surface area contributed by atoms with Gasteiger partial charge in [0.15, 0.2) is 11.5 Å². The minimum atomic E-state index is 0.214. The molecule has 0 unspecified atom stereocenters. The van der Waals surface area contributed by atoms with Gasteiger partial charge >= 0.3 is 0 Å². The van der Waals surface area contributed by atoms with Crippen LogP contribution in [0.1, 0.15) is 18.9 Å². The number of nitrogens with two attached hydrogens (primary N) is 1. The van der Waals surface area contributed by atoms with Crippen LogP contribution in [0.4, 0.5) is 5.69 Å². The summed E-state index contributed by atoms with van der Waals surface area (Å²) >= 11 is 0. The maximum Gasteiger partial charge on any atom is 0.231 e. The highest BCUT2D eigenvalue weighted by Crippen LogP contribution is 2.46. The molecular formula is C12H15NO3. The van der Waals surface area contributed by atoms with Gasteiger partial charge in [0, 0.05) is 17.3 Å². The Hall–Kier alpha value is -1.84. The van der Waals surface area contributed by atoms with E-state index in [2.05, 4.69) is 6.92 Å². The Labute approximate surface area is 94.6 Å². The second kappa shape index (κ2) is 4.35. The van der Waals surface area contributed by atoms with Gasteiger partial charge in [-0.15, -0.1) is 0 Å². The normalized spacial score (nSPS) is 13.4. The second-order valence-corrected chi connectivity index (χ2v) is 3.46. The number of fused-ring (bicyclic) bond motifs is 1. The molecule has 1 aromatic rings. The average Bonchev–Trinajstić information content (AvgIpc) is 2.73. The molecule has 0 aromatic heterocycles. The van der Waals surface area contributed by atoms with E-state index in [4.69, 9.17) is 19.9 Å². The zero-order valence-corrected chi connectivity index (χ0v) is 9.45. The van der Waals surface area contributed by atoms with Crippen molar-refractivity contribution in [3.8, 4) is 17.2 Å². The number of methoxy groups -OCH3 is 1. The van der Waals surface area contributed by atoms with Gasteiger partial charge in [0.1, 0.15) is 0 Å². The molecule has 0 fully saturated rings. The first-order valence-electron chi connectivity index (χ1n) is 5.20. The van der Waals surface area contributed by atoms with Crippen molar-refractivity contribution < 1.29 is 14.2 Å². The standard InChI is InChI=1S/C12H15NO3/c1-3-4-5-8-9(13)6-10-12(11(8)14-2)16-7-15-10/h4-6H,3,7,13H2,1-2H3/b5-4+. The average molecular weight is 221 g/mol. The summed E-state index contributed by atoms with van der Waals surface area (Å²) in [4.78, 5) is 0. The Morgan fingerprint density at radius 1 is 1.50 bits per heavy atom. The molecule has 1 aliphatic rings. The molecule has 0 saturated carbocycles. The van der Waals surface area contributed by atoms with Crippen molar-refractivity contribution in [3.63, 3.8) is 0 Å². The summed E-state index contributed by atoms with van der Waals surface area (Å²) in [6.45, 7) is 2.28. The van der Waals surface area contributed by atoms with Gasteiger partial charge in [0.25, 0.3) is 0 Å². The van der Waals surface area contributed by atoms with E-state index in [9.17, 15) is 0 Å². The van der Waals surface area contributed by atoms with Crippen LogP contribution in [-0.4, -0.2) is 13.9 Å². The van der Waals surface area contributed by atoms with E-state index < -0.39 is 0 Å². The van der Waals surface area contributed by atoms with Gasteiger partial charge < -0.3 is 19.9 Å². The zero-order chi connectivity index (χ0) is 11.5. The first kappa shape index (κ1) is 10.7. The quantitative estimate of drug-likeness (QED) is 0.796. The molecule has 0 bridgehead atoms. The second-order valence-electron chi connectivity index (χ2n) is 3.46. The van der Waals surface area contributed by atoms with Crippen LogP contribution in [0.25, 0.3) is 6.08 Å². The number of nitrogen functional groups attached to an aromatic ring is 1. The number of hydrogen-bond acceptors (Lipinski definition) is 4. The number of rotatable bonds is 3. The molecular weight excluding hydrogens is 206 g/mol. The summed E-state index contributed by atoms with van der Waals surface area (Å²) in [5.41, 5.74) is 7.42. The molecule has 0 radical (unpaired) electrons. The molecule has 4 nitrogen and oxygen atoms in total. The van der Waals surface area contributed by atoms with E-state index in [1.807, 2.05) is 12.2 Å². The van der Waals surface area contributed by atoms with E-state index >= 15 is 0 Å². The Morgan fingerprint density at radius 3 is 3.00 bits per heavy atom. The van der Waals surface area contributed by atoms with Crippen LogP contribution >= 0.6 is 0 Å². The molecule has 2 rings (SSSR count). The molecule has 0 amide bonds. The summed E-state index contributed by atoms with van der Waals surface area (Å²) in [7, 11) is 1.60. The molecule has 2 N–H and O–H groups in total. The first-order valence-corrected chi connectivity index (χ1v) is 5.20. The zero-order valence-electron chi connectivity index (χ0n) is 9.45. The Bertz CT molecular complexity index is 427. The monoisotopic (exact) mass is 221 g/mol. The number of benzene rings is 1. The topological polar surface area (TPSA) is 53.7 Å². The smallest absolute Gasteiger partial charge is 0.231 e. The number of allylic oxidation sites excluding steroid dienone is 1. The highest BCUT2D eigenvalue weighted by molar-refractivity contribution is 5.77. The molecule has 0 saturated heterocycles. The molecule has 0 atom stereocenters. The lowest BCUT2D eigenvalue weighted by Gasteiger charge is -2.10. The summed E-state index contributed by atoms with van der Waals surface area (Å²) in [5, 5.41) is 0. The molecule has 1 heterocycles. The first-order chi connectivity index (χ1) is 7.77. The summed E-state index contributed by atoms with van der Waals surface area (Å²) < 4.78 is 16.0. The van der Waals surface area contributed by atoms with E-state index in [-0.39, 0.29) is 6.79 Å². The van der Waals surface area contributed by atoms with Crippen LogP contribution in [0, 0.1) is 0 Å². The Balaban J connectivity index is 2.54. The number of ether oxygens (including phenoxy) is 3. The van der Waals surface area contributed by atoms with Crippen molar-refractivity contribution in [1.29, 1.82) is 0 Å². The van der Waals surface area contributed by atoms with Crippen LogP contribution in [0.2, 0.25) is 0 Å². The van der Waals surface area contributed by atoms with E-state index in [0.29, 0.717) is 22.9 Å². The third-order valence-corrected chi connectivity index (χ3v) is 2.41. The van der Waals surface area contributed by atoms with Gasteiger partial charge in [-0.25, -0.2) is 0 Å². The highest BCUT2D eigenvalue weighted by atomic mass is 16.7. The lowest BCUT2D eigenvalue weighted by atomic mass is 10.1. The predicted octanol–water partition coefficient (Wildman–Crippen LogP) is 2.43. The predicted molar refractivity (Wildman–Crippen MR) is 62.9 cm³/mol. The van der Waals surface area contributed by atoms with Gasteiger partial charge in [-0.1, -0.05) is 19.1 Å². The van der Waals surface area contributed by atoms with Crippen LogP contribution < -0.4 is 19.9 Å². The fraction of sp³-hybridized carbons (Fsp3) is 0.333. The third-order valence-electron chi connectivity index (χ3n) is 2.41. The highest BCUT2D eigenvalue weighted by Gasteiger charge is 2.23. The molecule has 1 aromatic carbocycles. The number of anilines is 1. The van der Waals surface area contributed by atoms with E-state index in [0.717, 1.165) is 12.0 Å². The fourth-order valence-electron chi connectivity index (χ4n) is 1.66. The van der Waals surface area contributed by atoms with Crippen molar-refractivity contribution in [2.75, 3.05) is 19.6 Å². The van der Waals surface area contributed by atoms with Crippen molar-refractivity contribution in [2.24, 2.45) is 0 Å². The Morgan fingerprint density at radius 2 is 2.31 bits per heavy atom. The number of hydrogen-bond donors (Lipinski definition) is 1. The molecule has 86 valence electrons. The third kappa shape index (κ3) is 1.66. The van der Waals surface area contributed by atoms with Crippen LogP contribution in [0.3, 0.4) is 0 Å². The maximum atomic E-state index is 5.94. The van der Waals surface area contributed by atoms with Gasteiger partial charge in [-0.05, 0) is 6.42 Å². The van der Waals surface area contributed by atoms with Crippen molar-refractivity contribution >= 4 is 11.8 Å². The van der Waals surface area contributed by atoms with Gasteiger partial charge in [0.05, 0.1) is 7.11 Å². The van der Waals surface area contributed by atoms with Gasteiger partial charge in [-0.2, -0.15) is 0 Å². The molecule has 0 spiro atoms. The summed E-state index contributed by atoms with van der Waals surface area (Å²) in [6.07, 6.45) is 4.91. The lowest BCUT2D eigenvalue weighted by Crippen LogP contribution is -1.96. The van der Waals surface area contributed by atoms with E-state index in [1.54, 1.807) is 13.2 Å². The van der Waals surface area contributed by atoms with Crippen LogP contribution in [0.5, 0.6) is 17.2 Å². The van der Waals surface area contributed by atoms with Crippen LogP contribution in [0.15, 0.2) is 12.1 Å². The lowest BCUT2D eigenvalue weighted by molar-refractivity contribution is 0.171. The Kier molecular flexibility index (Phi) is 2.90. The SMILES string of the molecule is CC/C=C/c1c(N)cc2c(c1OC)OCO2. The summed E-state index contributed by atoms with van der Waals surface area (Å²) in [5.74, 6) is 1.91. The van der Waals surface area contributed by atoms with E-state index in [1.165, 1.54) is 0 Å². The molecule has 1 aliphatic heterocycles. The minimum absolute atomic E-state index is 0.214. The van der Waals surface area contributed by atoms with Crippen molar-refractivity contribution in [2.45, 2.75) is 13.3 Å². The van der Waals surface area contributed by atoms with Crippen molar-refractivity contribution in [1.82, 2.24) is 0 Å². The van der Waals surface area contributed by atoms with Crippen LogP contribution in [-0.2, 0) is 0 Å². The molecule has 16 heavy (non-hydrogen) atoms. The van der Waals surface area contributed by atoms with Crippen molar-refractivity contribution in [3.05, 3.63) is 17.7 Å². The fourth-order valence-corrected chi connectivity index (χ4v) is 1.66. The minimum Gasteiger partial charge on any atom is -0.492 e. The summed E-state index contributed by atoms with van der Waals surface area (Å²) in [6, 6.07) is 1.76. The maximum absolute atomic E-state index is 5.94. The van der Waals surface area contributed by atoms with Gasteiger partial charge in [-0.3, -0.25) is 0 Å². The van der Waals surface area contributed by atoms with Gasteiger partial charge in [0.2, 0.25) is 12.5 Å².